The Morgan fingerprint density at radius 3 is 2.28 bits per heavy atom. The zero-order valence-corrected chi connectivity index (χ0v) is 22.9. The molecule has 2 N–H and O–H groups in total. The molecule has 0 heterocycles. The summed E-state index contributed by atoms with van der Waals surface area (Å²) >= 11 is 0. The summed E-state index contributed by atoms with van der Waals surface area (Å²) in [4.78, 5) is 24.3. The normalized spacial score (nSPS) is 11.1. The predicted molar refractivity (Wildman–Crippen MR) is 155 cm³/mol. The van der Waals surface area contributed by atoms with Crippen molar-refractivity contribution in [3.63, 3.8) is 0 Å². The number of hydrazone groups is 1. The van der Waals surface area contributed by atoms with Crippen LogP contribution in [-0.4, -0.2) is 24.6 Å². The smallest absolute Gasteiger partial charge is 0.259 e. The first-order valence-electron chi connectivity index (χ1n) is 14.0. The summed E-state index contributed by atoms with van der Waals surface area (Å²) in [6, 6.07) is 17.7. The first kappa shape index (κ1) is 29.8. The third kappa shape index (κ3) is 10.9. The van der Waals surface area contributed by atoms with Crippen molar-refractivity contribution in [2.24, 2.45) is 5.10 Å². The van der Waals surface area contributed by atoms with Gasteiger partial charge in [0.1, 0.15) is 18.2 Å². The van der Waals surface area contributed by atoms with Crippen LogP contribution >= 0.6 is 0 Å². The van der Waals surface area contributed by atoms with Crippen molar-refractivity contribution >= 4 is 28.8 Å². The molecule has 7 heteroatoms. The number of nitrogens with zero attached hydrogens (tertiary/aromatic N) is 1. The van der Waals surface area contributed by atoms with Gasteiger partial charge < -0.3 is 10.1 Å². The number of carbonyl (C=O) groups excluding carboxylic acids is 2. The van der Waals surface area contributed by atoms with Crippen LogP contribution in [0.1, 0.15) is 82.3 Å². The molecule has 0 aliphatic carbocycles. The zero-order valence-electron chi connectivity index (χ0n) is 22.9. The molecule has 0 atom stereocenters. The first-order chi connectivity index (χ1) is 19.1. The van der Waals surface area contributed by atoms with Gasteiger partial charge in [-0.25, -0.2) is 9.82 Å². The Kier molecular flexibility index (Phi) is 13.0. The van der Waals surface area contributed by atoms with E-state index in [2.05, 4.69) is 22.8 Å². The lowest BCUT2D eigenvalue weighted by atomic mass is 10.0. The third-order valence-electron chi connectivity index (χ3n) is 6.57. The van der Waals surface area contributed by atoms with E-state index in [1.54, 1.807) is 18.3 Å². The second-order valence-electron chi connectivity index (χ2n) is 9.76. The minimum Gasteiger partial charge on any atom is -0.488 e. The van der Waals surface area contributed by atoms with Gasteiger partial charge in [0.15, 0.2) is 0 Å². The van der Waals surface area contributed by atoms with Crippen molar-refractivity contribution in [3.8, 4) is 5.75 Å². The van der Waals surface area contributed by atoms with Gasteiger partial charge in [0.05, 0.1) is 12.8 Å². The molecule has 0 radical (unpaired) electrons. The monoisotopic (exact) mass is 533 g/mol. The average Bonchev–Trinajstić information content (AvgIpc) is 2.95. The summed E-state index contributed by atoms with van der Waals surface area (Å²) in [5.74, 6) is -0.235. The number of unbranched alkanes of at least 4 members (excludes halogenated alkanes) is 8. The lowest BCUT2D eigenvalue weighted by Gasteiger charge is -2.12. The SMILES string of the molecule is CCCCCCCCCCCC(=O)NCC(=O)N/N=C\c1c(OCc2ccc(F)cc2)ccc2ccccc12. The van der Waals surface area contributed by atoms with Gasteiger partial charge in [0.25, 0.3) is 5.91 Å². The fraction of sp³-hybridized carbons (Fsp3) is 0.406. The van der Waals surface area contributed by atoms with E-state index in [0.717, 1.165) is 35.6 Å². The third-order valence-corrected chi connectivity index (χ3v) is 6.57. The lowest BCUT2D eigenvalue weighted by molar-refractivity contribution is -0.126. The van der Waals surface area contributed by atoms with E-state index in [1.807, 2.05) is 36.4 Å². The molecule has 39 heavy (non-hydrogen) atoms. The Labute approximate surface area is 231 Å². The van der Waals surface area contributed by atoms with Gasteiger partial charge in [0.2, 0.25) is 5.91 Å². The minimum atomic E-state index is -0.402. The van der Waals surface area contributed by atoms with Crippen LogP contribution in [0.2, 0.25) is 0 Å². The highest BCUT2D eigenvalue weighted by Crippen LogP contribution is 2.27. The van der Waals surface area contributed by atoms with Crippen LogP contribution in [0.5, 0.6) is 5.75 Å². The van der Waals surface area contributed by atoms with Crippen molar-refractivity contribution < 1.29 is 18.7 Å². The quantitative estimate of drug-likeness (QED) is 0.111. The number of amides is 2. The molecule has 0 saturated heterocycles. The molecule has 2 amide bonds. The van der Waals surface area contributed by atoms with Gasteiger partial charge in [-0.2, -0.15) is 5.10 Å². The first-order valence-corrected chi connectivity index (χ1v) is 14.0. The Morgan fingerprint density at radius 1 is 0.846 bits per heavy atom. The van der Waals surface area contributed by atoms with Gasteiger partial charge >= 0.3 is 0 Å². The molecule has 0 bridgehead atoms. The van der Waals surface area contributed by atoms with Crippen molar-refractivity contribution in [1.29, 1.82) is 0 Å². The number of halogens is 1. The summed E-state index contributed by atoms with van der Waals surface area (Å²) in [6.45, 7) is 2.35. The molecular formula is C32H40FN3O3. The summed E-state index contributed by atoms with van der Waals surface area (Å²) in [6.07, 6.45) is 12.7. The van der Waals surface area contributed by atoms with Gasteiger partial charge in [-0.05, 0) is 41.0 Å². The van der Waals surface area contributed by atoms with E-state index in [0.29, 0.717) is 17.7 Å². The van der Waals surface area contributed by atoms with E-state index in [9.17, 15) is 14.0 Å². The number of rotatable bonds is 17. The Hall–Kier alpha value is -3.74. The van der Waals surface area contributed by atoms with E-state index >= 15 is 0 Å². The van der Waals surface area contributed by atoms with Crippen LogP contribution in [0.4, 0.5) is 4.39 Å². The van der Waals surface area contributed by atoms with Crippen LogP contribution in [0.3, 0.4) is 0 Å². The molecule has 208 valence electrons. The highest BCUT2D eigenvalue weighted by atomic mass is 19.1. The lowest BCUT2D eigenvalue weighted by Crippen LogP contribution is -2.34. The summed E-state index contributed by atoms with van der Waals surface area (Å²) in [7, 11) is 0. The van der Waals surface area contributed by atoms with Gasteiger partial charge in [-0.3, -0.25) is 9.59 Å². The topological polar surface area (TPSA) is 79.8 Å². The van der Waals surface area contributed by atoms with E-state index in [4.69, 9.17) is 4.74 Å². The predicted octanol–water partition coefficient (Wildman–Crippen LogP) is 7.05. The Bertz CT molecular complexity index is 1210. The van der Waals surface area contributed by atoms with Crippen LogP contribution in [0, 0.1) is 5.82 Å². The molecule has 0 saturated carbocycles. The molecule has 0 aliphatic rings. The van der Waals surface area contributed by atoms with Gasteiger partial charge in [-0.1, -0.05) is 101 Å². The van der Waals surface area contributed by atoms with Gasteiger partial charge in [0, 0.05) is 12.0 Å². The number of ether oxygens (including phenoxy) is 1. The maximum absolute atomic E-state index is 13.2. The molecule has 3 aromatic rings. The maximum Gasteiger partial charge on any atom is 0.259 e. The largest absolute Gasteiger partial charge is 0.488 e. The second-order valence-corrected chi connectivity index (χ2v) is 9.76. The van der Waals surface area contributed by atoms with Gasteiger partial charge in [-0.15, -0.1) is 0 Å². The molecule has 0 unspecified atom stereocenters. The summed E-state index contributed by atoms with van der Waals surface area (Å²) in [5.41, 5.74) is 4.03. The van der Waals surface area contributed by atoms with Crippen molar-refractivity contribution in [1.82, 2.24) is 10.7 Å². The molecule has 0 aliphatic heterocycles. The fourth-order valence-corrected chi connectivity index (χ4v) is 4.35. The van der Waals surface area contributed by atoms with Crippen LogP contribution < -0.4 is 15.5 Å². The van der Waals surface area contributed by atoms with Crippen LogP contribution in [0.25, 0.3) is 10.8 Å². The molecule has 0 aromatic heterocycles. The number of hydrogen-bond acceptors (Lipinski definition) is 4. The van der Waals surface area contributed by atoms with E-state index in [1.165, 1.54) is 50.7 Å². The molecular weight excluding hydrogens is 493 g/mol. The highest BCUT2D eigenvalue weighted by molar-refractivity contribution is 6.02. The number of hydrogen-bond donors (Lipinski definition) is 2. The Balaban J connectivity index is 1.44. The Morgan fingerprint density at radius 2 is 1.54 bits per heavy atom. The van der Waals surface area contributed by atoms with Crippen LogP contribution in [0.15, 0.2) is 65.8 Å². The highest BCUT2D eigenvalue weighted by Gasteiger charge is 2.09. The second kappa shape index (κ2) is 17.0. The van der Waals surface area contributed by atoms with Crippen molar-refractivity contribution in [3.05, 3.63) is 77.6 Å². The number of nitrogens with one attached hydrogen (secondary N) is 2. The maximum atomic E-state index is 13.2. The number of fused-ring (bicyclic) bond motifs is 1. The number of carbonyl (C=O) groups is 2. The fourth-order valence-electron chi connectivity index (χ4n) is 4.35. The van der Waals surface area contributed by atoms with E-state index < -0.39 is 5.91 Å². The summed E-state index contributed by atoms with van der Waals surface area (Å²) in [5, 5.41) is 8.70. The molecule has 3 rings (SSSR count). The minimum absolute atomic E-state index is 0.123. The average molecular weight is 534 g/mol. The summed E-state index contributed by atoms with van der Waals surface area (Å²) < 4.78 is 19.2. The molecule has 0 fully saturated rings. The van der Waals surface area contributed by atoms with E-state index in [-0.39, 0.29) is 24.9 Å². The van der Waals surface area contributed by atoms with Crippen molar-refractivity contribution in [2.75, 3.05) is 6.54 Å². The van der Waals surface area contributed by atoms with Crippen molar-refractivity contribution in [2.45, 2.75) is 77.7 Å². The molecule has 3 aromatic carbocycles. The zero-order chi connectivity index (χ0) is 27.7. The molecule has 6 nitrogen and oxygen atoms in total. The standard InChI is InChI=1S/C32H40FN3O3/c1-2-3-4-5-6-7-8-9-10-15-31(37)34-23-32(38)36-35-22-29-28-14-12-11-13-26(28)18-21-30(29)39-24-25-16-19-27(33)20-17-25/h11-14,16-22H,2-10,15,23-24H2,1H3,(H,34,37)(H,36,38)/b35-22-. The molecule has 0 spiro atoms. The number of benzene rings is 3. The van der Waals surface area contributed by atoms with Crippen LogP contribution in [-0.2, 0) is 16.2 Å².